The number of rotatable bonds is 5. The van der Waals surface area contributed by atoms with Crippen LogP contribution in [0.25, 0.3) is 16.8 Å². The Morgan fingerprint density at radius 2 is 1.76 bits per heavy atom. The van der Waals surface area contributed by atoms with Crippen LogP contribution in [0.1, 0.15) is 37.9 Å². The van der Waals surface area contributed by atoms with Gasteiger partial charge in [-0.15, -0.1) is 0 Å². The van der Waals surface area contributed by atoms with Crippen molar-refractivity contribution in [1.82, 2.24) is 14.1 Å². The molecule has 170 valence electrons. The van der Waals surface area contributed by atoms with Crippen LogP contribution in [0.2, 0.25) is 10.0 Å². The number of fused-ring (bicyclic) bond motifs is 1. The number of ketones is 1. The lowest BCUT2D eigenvalue weighted by Crippen LogP contribution is -2.20. The number of esters is 1. The molecule has 0 amide bonds. The Hall–Kier alpha value is -3.36. The molecule has 0 N–H and O–H groups in total. The van der Waals surface area contributed by atoms with E-state index in [9.17, 15) is 14.4 Å². The van der Waals surface area contributed by atoms with Gasteiger partial charge >= 0.3 is 5.97 Å². The van der Waals surface area contributed by atoms with Gasteiger partial charge in [-0.1, -0.05) is 23.2 Å². The molecule has 3 heterocycles. The second-order valence-electron chi connectivity index (χ2n) is 7.62. The van der Waals surface area contributed by atoms with Gasteiger partial charge in [-0.05, 0) is 45.0 Å². The van der Waals surface area contributed by atoms with Crippen LogP contribution in [-0.2, 0) is 11.8 Å². The third kappa shape index (κ3) is 4.07. The fourth-order valence-electron chi connectivity index (χ4n) is 3.82. The lowest BCUT2D eigenvalue weighted by atomic mass is 10.1. The van der Waals surface area contributed by atoms with Gasteiger partial charge in [-0.2, -0.15) is 0 Å². The van der Waals surface area contributed by atoms with Gasteiger partial charge in [0.2, 0.25) is 11.5 Å². The highest BCUT2D eigenvalue weighted by Crippen LogP contribution is 2.27. The number of benzene rings is 1. The van der Waals surface area contributed by atoms with E-state index in [2.05, 4.69) is 4.98 Å². The second-order valence-corrected chi connectivity index (χ2v) is 8.49. The van der Waals surface area contributed by atoms with Gasteiger partial charge in [0, 0.05) is 39.7 Å². The Kier molecular flexibility index (Phi) is 5.90. The summed E-state index contributed by atoms with van der Waals surface area (Å²) in [5.41, 5.74) is 2.09. The fraction of sp³-hybridized carbons (Fsp3) is 0.217. The second kappa shape index (κ2) is 8.53. The quantitative estimate of drug-likeness (QED) is 0.301. The summed E-state index contributed by atoms with van der Waals surface area (Å²) in [6, 6.07) is 6.81. The predicted molar refractivity (Wildman–Crippen MR) is 124 cm³/mol. The molecule has 1 aromatic carbocycles. The average molecular weight is 488 g/mol. The largest absolute Gasteiger partial charge is 0.454 e. The molecule has 33 heavy (non-hydrogen) atoms. The maximum atomic E-state index is 12.9. The number of ether oxygens (including phenoxy) is 1. The minimum Gasteiger partial charge on any atom is -0.454 e. The molecule has 0 aliphatic carbocycles. The van der Waals surface area contributed by atoms with Crippen molar-refractivity contribution in [3.05, 3.63) is 79.3 Å². The Morgan fingerprint density at radius 1 is 1.09 bits per heavy atom. The van der Waals surface area contributed by atoms with Crippen LogP contribution in [0.3, 0.4) is 0 Å². The summed E-state index contributed by atoms with van der Waals surface area (Å²) in [7, 11) is 1.51. The molecule has 8 nitrogen and oxygen atoms in total. The van der Waals surface area contributed by atoms with Crippen molar-refractivity contribution in [1.29, 1.82) is 0 Å². The summed E-state index contributed by atoms with van der Waals surface area (Å²) in [6.07, 6.45) is 1.30. The Labute approximate surface area is 198 Å². The summed E-state index contributed by atoms with van der Waals surface area (Å²) >= 11 is 12.2. The molecule has 0 saturated carbocycles. The van der Waals surface area contributed by atoms with Gasteiger partial charge in [0.25, 0.3) is 5.56 Å². The highest BCUT2D eigenvalue weighted by atomic mass is 35.5. The standard InChI is InChI=1S/C23H19Cl2N3O5/c1-11-5-17(12(2)28(11)16-7-14(24)6-15(25)8-16)18(29)9-32-23(31)19-13(3)33-21-20(19)22(30)27(4)10-26-21/h5-8,10H,9H2,1-4H3. The number of carbonyl (C=O) groups is 2. The number of halogens is 2. The van der Waals surface area contributed by atoms with Crippen LogP contribution in [0, 0.1) is 20.8 Å². The van der Waals surface area contributed by atoms with Crippen molar-refractivity contribution in [2.24, 2.45) is 7.05 Å². The molecule has 3 aromatic heterocycles. The van der Waals surface area contributed by atoms with E-state index in [1.54, 1.807) is 31.2 Å². The molecule has 4 aromatic rings. The topological polar surface area (TPSA) is 96.3 Å². The zero-order valence-electron chi connectivity index (χ0n) is 18.2. The smallest absolute Gasteiger partial charge is 0.343 e. The van der Waals surface area contributed by atoms with Gasteiger partial charge in [0.15, 0.2) is 6.61 Å². The molecule has 10 heteroatoms. The molecule has 0 aliphatic heterocycles. The number of aromatic nitrogens is 3. The predicted octanol–water partition coefficient (Wildman–Crippen LogP) is 4.59. The highest BCUT2D eigenvalue weighted by Gasteiger charge is 2.25. The summed E-state index contributed by atoms with van der Waals surface area (Å²) in [4.78, 5) is 42.1. The van der Waals surface area contributed by atoms with E-state index in [1.807, 2.05) is 11.5 Å². The van der Waals surface area contributed by atoms with Crippen molar-refractivity contribution >= 4 is 46.1 Å². The van der Waals surface area contributed by atoms with Crippen molar-refractivity contribution in [2.75, 3.05) is 6.61 Å². The molecule has 0 unspecified atom stereocenters. The first-order chi connectivity index (χ1) is 15.6. The Morgan fingerprint density at radius 3 is 2.42 bits per heavy atom. The van der Waals surface area contributed by atoms with E-state index < -0.39 is 23.9 Å². The number of aryl methyl sites for hydroxylation is 3. The van der Waals surface area contributed by atoms with E-state index in [0.29, 0.717) is 27.0 Å². The van der Waals surface area contributed by atoms with E-state index in [1.165, 1.54) is 24.9 Å². The Bertz CT molecular complexity index is 1480. The maximum Gasteiger partial charge on any atom is 0.343 e. The van der Waals surface area contributed by atoms with Crippen LogP contribution in [0.4, 0.5) is 0 Å². The van der Waals surface area contributed by atoms with Gasteiger partial charge in [-0.3, -0.25) is 9.59 Å². The lowest BCUT2D eigenvalue weighted by Gasteiger charge is -2.11. The molecule has 0 atom stereocenters. The van der Waals surface area contributed by atoms with Gasteiger partial charge in [0.1, 0.15) is 23.0 Å². The van der Waals surface area contributed by atoms with E-state index >= 15 is 0 Å². The first-order valence-corrected chi connectivity index (χ1v) is 10.6. The van der Waals surface area contributed by atoms with Crippen molar-refractivity contribution < 1.29 is 18.7 Å². The third-order valence-electron chi connectivity index (χ3n) is 5.32. The number of carbonyl (C=O) groups excluding carboxylic acids is 2. The minimum absolute atomic E-state index is 0.0194. The number of Topliss-reactive ketones (excluding diaryl/α,β-unsaturated/α-hetero) is 1. The average Bonchev–Trinajstić information content (AvgIpc) is 3.24. The Balaban J connectivity index is 1.60. The fourth-order valence-corrected chi connectivity index (χ4v) is 4.34. The highest BCUT2D eigenvalue weighted by molar-refractivity contribution is 6.34. The first-order valence-electron chi connectivity index (χ1n) is 9.89. The van der Waals surface area contributed by atoms with Crippen molar-refractivity contribution in [3.63, 3.8) is 0 Å². The van der Waals surface area contributed by atoms with E-state index in [0.717, 1.165) is 5.69 Å². The molecule has 0 bridgehead atoms. The van der Waals surface area contributed by atoms with Crippen LogP contribution < -0.4 is 5.56 Å². The van der Waals surface area contributed by atoms with E-state index in [4.69, 9.17) is 32.4 Å². The molecule has 0 radical (unpaired) electrons. The first kappa shape index (κ1) is 22.8. The van der Waals surface area contributed by atoms with Crippen LogP contribution in [0.5, 0.6) is 0 Å². The summed E-state index contributed by atoms with van der Waals surface area (Å²) in [5, 5.41) is 0.955. The zero-order chi connectivity index (χ0) is 24.0. The molecule has 0 aliphatic rings. The van der Waals surface area contributed by atoms with Gasteiger partial charge in [0.05, 0.1) is 0 Å². The SMILES string of the molecule is Cc1oc2ncn(C)c(=O)c2c1C(=O)OCC(=O)c1cc(C)n(-c2cc(Cl)cc(Cl)c2)c1C. The maximum absolute atomic E-state index is 12.9. The summed E-state index contributed by atoms with van der Waals surface area (Å²) < 4.78 is 13.8. The van der Waals surface area contributed by atoms with Crippen molar-refractivity contribution in [2.45, 2.75) is 20.8 Å². The van der Waals surface area contributed by atoms with Crippen LogP contribution >= 0.6 is 23.2 Å². The van der Waals surface area contributed by atoms with Crippen molar-refractivity contribution in [3.8, 4) is 5.69 Å². The lowest BCUT2D eigenvalue weighted by molar-refractivity contribution is 0.0474. The molecule has 0 saturated heterocycles. The normalized spacial score (nSPS) is 11.2. The number of hydrogen-bond acceptors (Lipinski definition) is 6. The minimum atomic E-state index is -0.833. The number of furan rings is 1. The molecule has 0 spiro atoms. The molecular formula is C23H19Cl2N3O5. The van der Waals surface area contributed by atoms with Gasteiger partial charge < -0.3 is 18.3 Å². The molecular weight excluding hydrogens is 469 g/mol. The van der Waals surface area contributed by atoms with Crippen LogP contribution in [-0.4, -0.2) is 32.5 Å². The van der Waals surface area contributed by atoms with Gasteiger partial charge in [-0.25, -0.2) is 9.78 Å². The zero-order valence-corrected chi connectivity index (χ0v) is 19.7. The number of hydrogen-bond donors (Lipinski definition) is 0. The third-order valence-corrected chi connectivity index (χ3v) is 5.76. The monoisotopic (exact) mass is 487 g/mol. The summed E-state index contributed by atoms with van der Waals surface area (Å²) in [6.45, 7) is 4.64. The van der Waals surface area contributed by atoms with Crippen LogP contribution in [0.15, 0.2) is 39.8 Å². The molecule has 0 fully saturated rings. The number of nitrogens with zero attached hydrogens (tertiary/aromatic N) is 3. The molecule has 4 rings (SSSR count). The summed E-state index contributed by atoms with van der Waals surface area (Å²) in [5.74, 6) is -1.04. The van der Waals surface area contributed by atoms with E-state index in [-0.39, 0.29) is 22.4 Å².